The van der Waals surface area contributed by atoms with Crippen LogP contribution in [0.25, 0.3) is 0 Å². The molecule has 2 amide bonds. The van der Waals surface area contributed by atoms with E-state index in [0.717, 1.165) is 17.4 Å². The molecule has 1 aromatic carbocycles. The fourth-order valence-electron chi connectivity index (χ4n) is 2.91. The molecule has 1 aliphatic heterocycles. The molecule has 0 aliphatic carbocycles. The van der Waals surface area contributed by atoms with Crippen molar-refractivity contribution in [3.63, 3.8) is 0 Å². The maximum atomic E-state index is 12.4. The maximum absolute atomic E-state index is 12.4. The monoisotopic (exact) mass is 444 g/mol. The highest BCUT2D eigenvalue weighted by molar-refractivity contribution is 9.10. The van der Waals surface area contributed by atoms with Crippen molar-refractivity contribution in [1.82, 2.24) is 9.80 Å². The lowest BCUT2D eigenvalue weighted by molar-refractivity contribution is -0.135. The van der Waals surface area contributed by atoms with Crippen LogP contribution in [-0.4, -0.2) is 54.4 Å². The molecule has 1 saturated heterocycles. The van der Waals surface area contributed by atoms with Crippen LogP contribution >= 0.6 is 27.5 Å². The molecule has 1 aromatic rings. The molecular formula is C19H26BrClN2O3. The molecule has 1 aliphatic rings. The average molecular weight is 446 g/mol. The first-order chi connectivity index (χ1) is 12.4. The summed E-state index contributed by atoms with van der Waals surface area (Å²) < 4.78 is 6.55. The van der Waals surface area contributed by atoms with Crippen LogP contribution in [0.2, 0.25) is 5.02 Å². The van der Waals surface area contributed by atoms with Gasteiger partial charge in [-0.05, 0) is 31.0 Å². The number of halogens is 2. The van der Waals surface area contributed by atoms with E-state index < -0.39 is 0 Å². The van der Waals surface area contributed by atoms with Crippen molar-refractivity contribution in [2.45, 2.75) is 33.1 Å². The van der Waals surface area contributed by atoms with Gasteiger partial charge in [0.2, 0.25) is 11.8 Å². The van der Waals surface area contributed by atoms with E-state index in [1.54, 1.807) is 6.07 Å². The normalized spacial score (nSPS) is 15.1. The number of benzene rings is 1. The van der Waals surface area contributed by atoms with Crippen molar-refractivity contribution in [2.75, 3.05) is 32.8 Å². The minimum atomic E-state index is -0.000153. The van der Waals surface area contributed by atoms with Crippen LogP contribution in [0.4, 0.5) is 0 Å². The minimum Gasteiger partial charge on any atom is -0.492 e. The number of carbonyl (C=O) groups excluding carboxylic acids is 2. The SMILES string of the molecule is CC(C)C(=O)N1CCCN(C(=O)CCCOc2ccc(Br)cc2Cl)CC1. The zero-order valence-corrected chi connectivity index (χ0v) is 17.7. The zero-order valence-electron chi connectivity index (χ0n) is 15.3. The Balaban J connectivity index is 1.73. The van der Waals surface area contributed by atoms with E-state index in [9.17, 15) is 9.59 Å². The number of nitrogens with zero attached hydrogens (tertiary/aromatic N) is 2. The van der Waals surface area contributed by atoms with Crippen LogP contribution in [0.1, 0.15) is 33.1 Å². The predicted octanol–water partition coefficient (Wildman–Crippen LogP) is 3.98. The Kier molecular flexibility index (Phi) is 8.22. The molecule has 0 radical (unpaired) electrons. The molecule has 5 nitrogen and oxygen atoms in total. The Morgan fingerprint density at radius 1 is 1.19 bits per heavy atom. The van der Waals surface area contributed by atoms with E-state index in [2.05, 4.69) is 15.9 Å². The van der Waals surface area contributed by atoms with Crippen LogP contribution in [-0.2, 0) is 9.59 Å². The summed E-state index contributed by atoms with van der Waals surface area (Å²) in [7, 11) is 0. The predicted molar refractivity (Wildman–Crippen MR) is 106 cm³/mol. The lowest BCUT2D eigenvalue weighted by Crippen LogP contribution is -2.39. The number of carbonyl (C=O) groups is 2. The Hall–Kier alpha value is -1.27. The summed E-state index contributed by atoms with van der Waals surface area (Å²) in [5, 5.41) is 0.549. The quantitative estimate of drug-likeness (QED) is 0.622. The van der Waals surface area contributed by atoms with Gasteiger partial charge in [0.05, 0.1) is 11.6 Å². The number of ether oxygens (including phenoxy) is 1. The zero-order chi connectivity index (χ0) is 19.1. The molecule has 144 valence electrons. The van der Waals surface area contributed by atoms with E-state index in [-0.39, 0.29) is 17.7 Å². The van der Waals surface area contributed by atoms with Gasteiger partial charge in [0.15, 0.2) is 0 Å². The fraction of sp³-hybridized carbons (Fsp3) is 0.579. The highest BCUT2D eigenvalue weighted by atomic mass is 79.9. The molecule has 0 aromatic heterocycles. The van der Waals surface area contributed by atoms with Gasteiger partial charge in [0, 0.05) is 43.0 Å². The summed E-state index contributed by atoms with van der Waals surface area (Å²) in [5.74, 6) is 0.910. The van der Waals surface area contributed by atoms with E-state index in [4.69, 9.17) is 16.3 Å². The van der Waals surface area contributed by atoms with Crippen molar-refractivity contribution >= 4 is 39.3 Å². The van der Waals surface area contributed by atoms with Crippen LogP contribution in [0.15, 0.2) is 22.7 Å². The first-order valence-electron chi connectivity index (χ1n) is 9.03. The van der Waals surface area contributed by atoms with E-state index >= 15 is 0 Å². The van der Waals surface area contributed by atoms with Gasteiger partial charge in [-0.25, -0.2) is 0 Å². The van der Waals surface area contributed by atoms with Crippen molar-refractivity contribution in [3.8, 4) is 5.75 Å². The highest BCUT2D eigenvalue weighted by Crippen LogP contribution is 2.27. The van der Waals surface area contributed by atoms with Crippen molar-refractivity contribution in [2.24, 2.45) is 5.92 Å². The molecule has 0 saturated carbocycles. The van der Waals surface area contributed by atoms with Crippen LogP contribution in [0, 0.1) is 5.92 Å². The Morgan fingerprint density at radius 3 is 2.58 bits per heavy atom. The molecule has 0 atom stereocenters. The second-order valence-electron chi connectivity index (χ2n) is 6.74. The van der Waals surface area contributed by atoms with Gasteiger partial charge >= 0.3 is 0 Å². The Morgan fingerprint density at radius 2 is 1.88 bits per heavy atom. The summed E-state index contributed by atoms with van der Waals surface area (Å²) in [6.07, 6.45) is 1.90. The van der Waals surface area contributed by atoms with Crippen LogP contribution in [0.3, 0.4) is 0 Å². The van der Waals surface area contributed by atoms with Crippen LogP contribution in [0.5, 0.6) is 5.75 Å². The summed E-state index contributed by atoms with van der Waals surface area (Å²) >= 11 is 9.46. The van der Waals surface area contributed by atoms with Gasteiger partial charge in [-0.15, -0.1) is 0 Å². The van der Waals surface area contributed by atoms with Crippen molar-refractivity contribution in [1.29, 1.82) is 0 Å². The number of amides is 2. The van der Waals surface area contributed by atoms with Crippen LogP contribution < -0.4 is 4.74 Å². The molecule has 0 N–H and O–H groups in total. The maximum Gasteiger partial charge on any atom is 0.225 e. The second-order valence-corrected chi connectivity index (χ2v) is 8.06. The molecule has 26 heavy (non-hydrogen) atoms. The lowest BCUT2D eigenvalue weighted by Gasteiger charge is -2.23. The molecule has 0 spiro atoms. The van der Waals surface area contributed by atoms with Gasteiger partial charge < -0.3 is 14.5 Å². The average Bonchev–Trinajstić information content (AvgIpc) is 2.85. The van der Waals surface area contributed by atoms with E-state index in [0.29, 0.717) is 49.9 Å². The largest absolute Gasteiger partial charge is 0.492 e. The third kappa shape index (κ3) is 6.16. The molecule has 0 bridgehead atoms. The van der Waals surface area contributed by atoms with Gasteiger partial charge in [0.25, 0.3) is 0 Å². The molecule has 7 heteroatoms. The standard InChI is InChI=1S/C19H26BrClN2O3/c1-14(2)19(25)23-9-4-8-22(10-11-23)18(24)5-3-12-26-17-7-6-15(20)13-16(17)21/h6-7,13-14H,3-5,8-12H2,1-2H3. The Labute approximate surface area is 168 Å². The van der Waals surface area contributed by atoms with Crippen molar-refractivity contribution < 1.29 is 14.3 Å². The summed E-state index contributed by atoms with van der Waals surface area (Å²) in [5.41, 5.74) is 0. The number of hydrogen-bond donors (Lipinski definition) is 0. The molecule has 1 fully saturated rings. The highest BCUT2D eigenvalue weighted by Gasteiger charge is 2.23. The van der Waals surface area contributed by atoms with Gasteiger partial charge in [-0.1, -0.05) is 41.4 Å². The summed E-state index contributed by atoms with van der Waals surface area (Å²) in [6.45, 7) is 6.93. The fourth-order valence-corrected chi connectivity index (χ4v) is 3.64. The first-order valence-corrected chi connectivity index (χ1v) is 10.2. The second kappa shape index (κ2) is 10.2. The van der Waals surface area contributed by atoms with Crippen molar-refractivity contribution in [3.05, 3.63) is 27.7 Å². The summed E-state index contributed by atoms with van der Waals surface area (Å²) in [4.78, 5) is 28.3. The molecule has 2 rings (SSSR count). The smallest absolute Gasteiger partial charge is 0.225 e. The van der Waals surface area contributed by atoms with Gasteiger partial charge in [0.1, 0.15) is 5.75 Å². The van der Waals surface area contributed by atoms with E-state index in [1.165, 1.54) is 0 Å². The third-order valence-corrected chi connectivity index (χ3v) is 5.13. The minimum absolute atomic E-state index is 0.000153. The third-order valence-electron chi connectivity index (χ3n) is 4.34. The Bertz CT molecular complexity index is 639. The van der Waals surface area contributed by atoms with Gasteiger partial charge in [-0.2, -0.15) is 0 Å². The molecular weight excluding hydrogens is 420 g/mol. The van der Waals surface area contributed by atoms with Gasteiger partial charge in [-0.3, -0.25) is 9.59 Å². The summed E-state index contributed by atoms with van der Waals surface area (Å²) in [6, 6.07) is 5.46. The topological polar surface area (TPSA) is 49.9 Å². The molecule has 0 unspecified atom stereocenters. The lowest BCUT2D eigenvalue weighted by atomic mass is 10.2. The molecule has 1 heterocycles. The number of rotatable bonds is 6. The first kappa shape index (κ1) is 21.0. The number of hydrogen-bond acceptors (Lipinski definition) is 3. The van der Waals surface area contributed by atoms with E-state index in [1.807, 2.05) is 35.8 Å².